The molecule has 0 aliphatic carbocycles. The van der Waals surface area contributed by atoms with Crippen LogP contribution in [0.3, 0.4) is 0 Å². The molecule has 1 aliphatic rings. The van der Waals surface area contributed by atoms with Crippen molar-refractivity contribution in [3.63, 3.8) is 0 Å². The van der Waals surface area contributed by atoms with E-state index in [9.17, 15) is 0 Å². The molecule has 3 heteroatoms. The molecule has 4 rings (SSSR count). The number of ether oxygens (including phenoxy) is 3. The van der Waals surface area contributed by atoms with Crippen LogP contribution in [0.1, 0.15) is 0 Å². The molecule has 1 aliphatic heterocycles. The van der Waals surface area contributed by atoms with Crippen molar-refractivity contribution in [2.75, 3.05) is 13.9 Å². The van der Waals surface area contributed by atoms with Gasteiger partial charge in [0.05, 0.1) is 7.11 Å². The lowest BCUT2D eigenvalue weighted by Crippen LogP contribution is -1.93. The molecule has 3 nitrogen and oxygen atoms in total. The molecule has 0 bridgehead atoms. The molecule has 0 saturated carbocycles. The van der Waals surface area contributed by atoms with E-state index in [1.54, 1.807) is 7.11 Å². The van der Waals surface area contributed by atoms with E-state index >= 15 is 0 Å². The third-order valence-corrected chi connectivity index (χ3v) is 3.56. The Morgan fingerprint density at radius 2 is 1.84 bits per heavy atom. The van der Waals surface area contributed by atoms with E-state index < -0.39 is 0 Å². The Hall–Kier alpha value is -2.42. The summed E-state index contributed by atoms with van der Waals surface area (Å²) in [6.45, 7) is 0.287. The molecule has 0 aromatic heterocycles. The van der Waals surface area contributed by atoms with Crippen molar-refractivity contribution in [2.45, 2.75) is 0 Å². The summed E-state index contributed by atoms with van der Waals surface area (Å²) in [6, 6.07) is 14.2. The predicted molar refractivity (Wildman–Crippen MR) is 74.1 cm³/mol. The first-order valence-corrected chi connectivity index (χ1v) is 6.16. The van der Waals surface area contributed by atoms with Gasteiger partial charge in [-0.15, -0.1) is 0 Å². The summed E-state index contributed by atoms with van der Waals surface area (Å²) in [5.74, 6) is 2.51. The Kier molecular flexibility index (Phi) is 2.09. The van der Waals surface area contributed by atoms with Crippen molar-refractivity contribution in [2.24, 2.45) is 0 Å². The first-order chi connectivity index (χ1) is 9.38. The van der Waals surface area contributed by atoms with Crippen LogP contribution in [-0.4, -0.2) is 13.9 Å². The van der Waals surface area contributed by atoms with Gasteiger partial charge in [0.25, 0.3) is 0 Å². The minimum absolute atomic E-state index is 0.287. The minimum atomic E-state index is 0.287. The van der Waals surface area contributed by atoms with Crippen LogP contribution in [0.15, 0.2) is 42.5 Å². The molecular weight excluding hydrogens is 240 g/mol. The van der Waals surface area contributed by atoms with Crippen molar-refractivity contribution in [3.8, 4) is 17.2 Å². The second-order valence-corrected chi connectivity index (χ2v) is 4.52. The van der Waals surface area contributed by atoms with Gasteiger partial charge in [0.1, 0.15) is 5.75 Å². The smallest absolute Gasteiger partial charge is 0.231 e. The number of fused-ring (bicyclic) bond motifs is 5. The first kappa shape index (κ1) is 10.5. The Morgan fingerprint density at radius 1 is 0.947 bits per heavy atom. The molecule has 0 atom stereocenters. The summed E-state index contributed by atoms with van der Waals surface area (Å²) in [5, 5.41) is 4.44. The van der Waals surface area contributed by atoms with E-state index in [4.69, 9.17) is 14.2 Å². The number of hydrogen-bond acceptors (Lipinski definition) is 3. The van der Waals surface area contributed by atoms with Crippen molar-refractivity contribution in [1.82, 2.24) is 0 Å². The highest BCUT2D eigenvalue weighted by Crippen LogP contribution is 2.43. The van der Waals surface area contributed by atoms with Gasteiger partial charge in [-0.3, -0.25) is 0 Å². The average molecular weight is 252 g/mol. The molecule has 3 aromatic carbocycles. The van der Waals surface area contributed by atoms with E-state index in [1.165, 1.54) is 0 Å². The maximum atomic E-state index is 5.63. The van der Waals surface area contributed by atoms with Gasteiger partial charge in [-0.25, -0.2) is 0 Å². The van der Waals surface area contributed by atoms with Crippen LogP contribution < -0.4 is 14.2 Å². The number of benzene rings is 3. The van der Waals surface area contributed by atoms with Crippen LogP contribution in [0.25, 0.3) is 21.5 Å². The largest absolute Gasteiger partial charge is 0.496 e. The van der Waals surface area contributed by atoms with Crippen LogP contribution in [-0.2, 0) is 0 Å². The van der Waals surface area contributed by atoms with Gasteiger partial charge in [0.15, 0.2) is 11.5 Å². The molecule has 0 saturated heterocycles. The molecule has 19 heavy (non-hydrogen) atoms. The molecule has 0 fully saturated rings. The summed E-state index contributed by atoms with van der Waals surface area (Å²) in [6.07, 6.45) is 0. The summed E-state index contributed by atoms with van der Waals surface area (Å²) in [7, 11) is 1.69. The lowest BCUT2D eigenvalue weighted by atomic mass is 10.0. The molecule has 0 unspecified atom stereocenters. The fourth-order valence-corrected chi connectivity index (χ4v) is 2.69. The van der Waals surface area contributed by atoms with Gasteiger partial charge in [-0.05, 0) is 22.9 Å². The van der Waals surface area contributed by atoms with Gasteiger partial charge in [0, 0.05) is 10.8 Å². The number of methoxy groups -OCH3 is 1. The van der Waals surface area contributed by atoms with Gasteiger partial charge in [0.2, 0.25) is 6.79 Å². The lowest BCUT2D eigenvalue weighted by Gasteiger charge is -2.09. The van der Waals surface area contributed by atoms with E-state index in [0.717, 1.165) is 38.8 Å². The maximum absolute atomic E-state index is 5.63. The normalized spacial score (nSPS) is 13.1. The Labute approximate surface area is 110 Å². The predicted octanol–water partition coefficient (Wildman–Crippen LogP) is 3.73. The van der Waals surface area contributed by atoms with Crippen molar-refractivity contribution >= 4 is 21.5 Å². The van der Waals surface area contributed by atoms with Crippen molar-refractivity contribution < 1.29 is 14.2 Å². The Balaban J connectivity index is 2.22. The Bertz CT molecular complexity index is 793. The molecule has 0 radical (unpaired) electrons. The second kappa shape index (κ2) is 3.79. The van der Waals surface area contributed by atoms with Crippen LogP contribution in [0, 0.1) is 0 Å². The number of hydrogen-bond donors (Lipinski definition) is 0. The molecule has 0 spiro atoms. The molecule has 1 heterocycles. The highest BCUT2D eigenvalue weighted by atomic mass is 16.7. The van der Waals surface area contributed by atoms with Crippen LogP contribution in [0.5, 0.6) is 17.2 Å². The minimum Gasteiger partial charge on any atom is -0.496 e. The van der Waals surface area contributed by atoms with Gasteiger partial charge in [-0.2, -0.15) is 0 Å². The van der Waals surface area contributed by atoms with Gasteiger partial charge < -0.3 is 14.2 Å². The third kappa shape index (κ3) is 1.38. The van der Waals surface area contributed by atoms with E-state index in [1.807, 2.05) is 18.2 Å². The fraction of sp³-hybridized carbons (Fsp3) is 0.125. The molecule has 0 N–H and O–H groups in total. The van der Waals surface area contributed by atoms with Gasteiger partial charge in [-0.1, -0.05) is 30.3 Å². The summed E-state index contributed by atoms with van der Waals surface area (Å²) in [5.41, 5.74) is 0. The van der Waals surface area contributed by atoms with Gasteiger partial charge >= 0.3 is 0 Å². The fourth-order valence-electron chi connectivity index (χ4n) is 2.69. The van der Waals surface area contributed by atoms with Crippen LogP contribution >= 0.6 is 0 Å². The maximum Gasteiger partial charge on any atom is 0.231 e. The van der Waals surface area contributed by atoms with E-state index in [2.05, 4.69) is 24.3 Å². The van der Waals surface area contributed by atoms with E-state index in [-0.39, 0.29) is 6.79 Å². The SMILES string of the molecule is COc1cccc2c1ccc1ccc3c(c12)OCO3. The second-order valence-electron chi connectivity index (χ2n) is 4.52. The first-order valence-electron chi connectivity index (χ1n) is 6.16. The molecule has 0 amide bonds. The average Bonchev–Trinajstić information content (AvgIpc) is 2.94. The zero-order chi connectivity index (χ0) is 12.8. The highest BCUT2D eigenvalue weighted by Gasteiger charge is 2.18. The molecular formula is C16H12O3. The topological polar surface area (TPSA) is 27.7 Å². The standard InChI is InChI=1S/C16H12O3/c1-17-13-4-2-3-12-11(13)7-5-10-6-8-14-16(15(10)12)19-9-18-14/h2-8H,9H2,1H3. The quantitative estimate of drug-likeness (QED) is 0.618. The number of rotatable bonds is 1. The summed E-state index contributed by atoms with van der Waals surface area (Å²) in [4.78, 5) is 0. The van der Waals surface area contributed by atoms with Crippen LogP contribution in [0.2, 0.25) is 0 Å². The summed E-state index contributed by atoms with van der Waals surface area (Å²) >= 11 is 0. The van der Waals surface area contributed by atoms with Crippen molar-refractivity contribution in [3.05, 3.63) is 42.5 Å². The zero-order valence-electron chi connectivity index (χ0n) is 10.5. The molecule has 3 aromatic rings. The lowest BCUT2D eigenvalue weighted by molar-refractivity contribution is 0.175. The summed E-state index contributed by atoms with van der Waals surface area (Å²) < 4.78 is 16.5. The zero-order valence-corrected chi connectivity index (χ0v) is 10.5. The van der Waals surface area contributed by atoms with Crippen molar-refractivity contribution in [1.29, 1.82) is 0 Å². The van der Waals surface area contributed by atoms with Crippen LogP contribution in [0.4, 0.5) is 0 Å². The third-order valence-electron chi connectivity index (χ3n) is 3.56. The Morgan fingerprint density at radius 3 is 2.74 bits per heavy atom. The highest BCUT2D eigenvalue weighted by molar-refractivity contribution is 6.13. The molecule has 94 valence electrons. The van der Waals surface area contributed by atoms with E-state index in [0.29, 0.717) is 0 Å². The monoisotopic (exact) mass is 252 g/mol.